The van der Waals surface area contributed by atoms with Gasteiger partial charge in [-0.1, -0.05) is 149 Å². The van der Waals surface area contributed by atoms with E-state index >= 15 is 0 Å². The second kappa shape index (κ2) is 12.8. The van der Waals surface area contributed by atoms with E-state index in [1.54, 1.807) is 0 Å². The molecular formula is C59H55BN2O2. The maximum absolute atomic E-state index is 7.46. The number of rotatable bonds is 2. The number of para-hydroxylation sites is 1. The van der Waals surface area contributed by atoms with Crippen molar-refractivity contribution in [3.8, 4) is 22.3 Å². The SMILES string of the molecule is CC(C)(C)c1ccc(N2B3c4oc5ccc(C(C)(C)C)cc5c4N(c4ccc(C(C)(C)C)cc4)c4c3c(cc3c4C(C)(C)c4ccccc4-3)-c3cc4oc5ccccc5c4cc32)cc1. The van der Waals surface area contributed by atoms with Crippen LogP contribution in [-0.2, 0) is 21.7 Å². The van der Waals surface area contributed by atoms with Gasteiger partial charge in [0.25, 0.3) is 0 Å². The Kier molecular flexibility index (Phi) is 7.86. The molecule has 2 aliphatic heterocycles. The summed E-state index contributed by atoms with van der Waals surface area (Å²) in [4.78, 5) is 5.18. The van der Waals surface area contributed by atoms with Gasteiger partial charge in [-0.25, -0.2) is 0 Å². The number of hydrogen-bond donors (Lipinski definition) is 0. The molecule has 12 rings (SSSR count). The third-order valence-electron chi connectivity index (χ3n) is 14.7. The zero-order valence-corrected chi connectivity index (χ0v) is 39.0. The molecule has 64 heavy (non-hydrogen) atoms. The lowest BCUT2D eigenvalue weighted by Crippen LogP contribution is -2.61. The predicted octanol–water partition coefficient (Wildman–Crippen LogP) is 15.2. The lowest BCUT2D eigenvalue weighted by atomic mass is 9.45. The molecule has 0 radical (unpaired) electrons. The van der Waals surface area contributed by atoms with Crippen molar-refractivity contribution in [3.63, 3.8) is 0 Å². The van der Waals surface area contributed by atoms with Crippen LogP contribution in [0, 0.1) is 0 Å². The minimum Gasteiger partial charge on any atom is -0.466 e. The number of fused-ring (bicyclic) bond motifs is 13. The fourth-order valence-corrected chi connectivity index (χ4v) is 11.2. The van der Waals surface area contributed by atoms with E-state index in [0.29, 0.717) is 0 Å². The van der Waals surface area contributed by atoms with E-state index in [1.165, 1.54) is 55.7 Å². The predicted molar refractivity (Wildman–Crippen MR) is 271 cm³/mol. The first-order valence-electron chi connectivity index (χ1n) is 23.0. The normalized spacial score (nSPS) is 15.1. The van der Waals surface area contributed by atoms with Crippen molar-refractivity contribution >= 4 is 79.3 Å². The van der Waals surface area contributed by atoms with Gasteiger partial charge in [-0.15, -0.1) is 0 Å². The summed E-state index contributed by atoms with van der Waals surface area (Å²) in [7, 11) is 0. The Bertz CT molecular complexity index is 3420. The molecule has 0 saturated heterocycles. The molecule has 316 valence electrons. The van der Waals surface area contributed by atoms with E-state index in [-0.39, 0.29) is 28.5 Å². The monoisotopic (exact) mass is 834 g/mol. The highest BCUT2D eigenvalue weighted by Gasteiger charge is 2.53. The molecule has 0 atom stereocenters. The van der Waals surface area contributed by atoms with Crippen LogP contribution >= 0.6 is 0 Å². The van der Waals surface area contributed by atoms with Gasteiger partial charge in [0.15, 0.2) is 0 Å². The quantitative estimate of drug-likeness (QED) is 0.162. The summed E-state index contributed by atoms with van der Waals surface area (Å²) in [5.74, 6) is 0. The van der Waals surface area contributed by atoms with E-state index in [2.05, 4.69) is 219 Å². The van der Waals surface area contributed by atoms with Crippen LogP contribution in [0.15, 0.2) is 142 Å². The maximum atomic E-state index is 7.46. The van der Waals surface area contributed by atoms with Crippen LogP contribution in [0.4, 0.5) is 28.4 Å². The van der Waals surface area contributed by atoms with Crippen LogP contribution in [0.5, 0.6) is 0 Å². The van der Waals surface area contributed by atoms with Crippen molar-refractivity contribution < 1.29 is 8.83 Å². The molecule has 4 nitrogen and oxygen atoms in total. The highest BCUT2D eigenvalue weighted by Crippen LogP contribution is 2.59. The molecule has 0 bridgehead atoms. The van der Waals surface area contributed by atoms with E-state index in [4.69, 9.17) is 8.83 Å². The molecule has 1 aliphatic carbocycles. The van der Waals surface area contributed by atoms with E-state index in [0.717, 1.165) is 66.9 Å². The van der Waals surface area contributed by atoms with Gasteiger partial charge in [0.1, 0.15) is 22.4 Å². The highest BCUT2D eigenvalue weighted by molar-refractivity contribution is 6.93. The van der Waals surface area contributed by atoms with Crippen LogP contribution < -0.4 is 20.8 Å². The average molecular weight is 835 g/mol. The number of hydrogen-bond acceptors (Lipinski definition) is 4. The largest absolute Gasteiger partial charge is 0.466 e. The van der Waals surface area contributed by atoms with Gasteiger partial charge in [0.05, 0.1) is 5.69 Å². The third kappa shape index (κ3) is 5.42. The second-order valence-electron chi connectivity index (χ2n) is 22.2. The molecule has 0 N–H and O–H groups in total. The van der Waals surface area contributed by atoms with Gasteiger partial charge in [-0.05, 0) is 127 Å². The summed E-state index contributed by atoms with van der Waals surface area (Å²) >= 11 is 0. The van der Waals surface area contributed by atoms with Gasteiger partial charge in [0, 0.05) is 49.9 Å². The molecular weight excluding hydrogens is 779 g/mol. The Morgan fingerprint density at radius 2 is 1.08 bits per heavy atom. The molecule has 2 aromatic heterocycles. The van der Waals surface area contributed by atoms with Gasteiger partial charge >= 0.3 is 6.85 Å². The van der Waals surface area contributed by atoms with Crippen molar-refractivity contribution in [1.82, 2.24) is 0 Å². The minimum atomic E-state index is -0.305. The minimum absolute atomic E-state index is 0.00562. The second-order valence-corrected chi connectivity index (χ2v) is 22.2. The number of nitrogens with zero attached hydrogens (tertiary/aromatic N) is 2. The Hall–Kier alpha value is -6.46. The van der Waals surface area contributed by atoms with Crippen molar-refractivity contribution in [3.05, 3.63) is 161 Å². The molecule has 5 heteroatoms. The summed E-state index contributed by atoms with van der Waals surface area (Å²) in [6.45, 7) is 25.2. The van der Waals surface area contributed by atoms with Gasteiger partial charge in [0.2, 0.25) is 0 Å². The summed E-state index contributed by atoms with van der Waals surface area (Å²) in [5, 5.41) is 3.36. The summed E-state index contributed by atoms with van der Waals surface area (Å²) in [6.07, 6.45) is 0. The number of furan rings is 2. The van der Waals surface area contributed by atoms with Crippen LogP contribution in [0.2, 0.25) is 0 Å². The Labute approximate surface area is 377 Å². The zero-order chi connectivity index (χ0) is 44.4. The van der Waals surface area contributed by atoms with Crippen LogP contribution in [-0.4, -0.2) is 6.85 Å². The number of benzene rings is 7. The Morgan fingerprint density at radius 1 is 0.469 bits per heavy atom. The van der Waals surface area contributed by atoms with E-state index in [1.807, 2.05) is 0 Å². The fourth-order valence-electron chi connectivity index (χ4n) is 11.2. The van der Waals surface area contributed by atoms with Crippen LogP contribution in [0.3, 0.4) is 0 Å². The zero-order valence-electron chi connectivity index (χ0n) is 39.0. The number of anilines is 5. The van der Waals surface area contributed by atoms with Crippen molar-refractivity contribution in [2.24, 2.45) is 0 Å². The fraction of sp³-hybridized carbons (Fsp3) is 0.254. The molecule has 0 saturated carbocycles. The van der Waals surface area contributed by atoms with Crippen molar-refractivity contribution in [2.75, 3.05) is 9.71 Å². The smallest absolute Gasteiger partial charge is 0.375 e. The molecule has 0 spiro atoms. The van der Waals surface area contributed by atoms with Crippen LogP contribution in [0.25, 0.3) is 55.2 Å². The summed E-state index contributed by atoms with van der Waals surface area (Å²) in [5.41, 5.74) is 21.8. The van der Waals surface area contributed by atoms with Crippen LogP contribution in [0.1, 0.15) is 104 Å². The van der Waals surface area contributed by atoms with Crippen molar-refractivity contribution in [2.45, 2.75) is 97.8 Å². The first kappa shape index (κ1) is 39.2. The molecule has 4 heterocycles. The van der Waals surface area contributed by atoms with E-state index < -0.39 is 0 Å². The van der Waals surface area contributed by atoms with Gasteiger partial charge < -0.3 is 18.5 Å². The first-order valence-corrected chi connectivity index (χ1v) is 23.0. The van der Waals surface area contributed by atoms with Gasteiger partial charge in [-0.3, -0.25) is 0 Å². The molecule has 0 amide bonds. The van der Waals surface area contributed by atoms with Crippen molar-refractivity contribution in [1.29, 1.82) is 0 Å². The molecule has 7 aromatic carbocycles. The molecule has 0 unspecified atom stereocenters. The molecule has 9 aromatic rings. The lowest BCUT2D eigenvalue weighted by molar-refractivity contribution is 0.590. The van der Waals surface area contributed by atoms with Gasteiger partial charge in [-0.2, -0.15) is 0 Å². The van der Waals surface area contributed by atoms with E-state index in [9.17, 15) is 0 Å². The average Bonchev–Trinajstić information content (AvgIpc) is 3.89. The Morgan fingerprint density at radius 3 is 1.77 bits per heavy atom. The first-order chi connectivity index (χ1) is 30.4. The standard InChI is InChI=1S/C59H55BN2O2/c1-56(2,3)34-20-25-37(26-21-34)61-53-45-30-36(58(7,8)9)24-29-49(45)64-55(53)60-52-44(31-43-39-16-12-14-18-46(39)59(10,11)51(43)54(52)61)41-33-50-42(40-17-13-15-19-48(40)63-50)32-47(41)62(60)38-27-22-35(23-28-38)57(4,5)6/h12-33H,1-11H3. The third-order valence-corrected chi connectivity index (χ3v) is 14.7. The summed E-state index contributed by atoms with van der Waals surface area (Å²) in [6, 6.07) is 50.3. The molecule has 0 fully saturated rings. The lowest BCUT2D eigenvalue weighted by Gasteiger charge is -2.45. The topological polar surface area (TPSA) is 32.8 Å². The highest BCUT2D eigenvalue weighted by atomic mass is 16.3. The maximum Gasteiger partial charge on any atom is 0.375 e. The Balaban J connectivity index is 1.27. The summed E-state index contributed by atoms with van der Waals surface area (Å²) < 4.78 is 14.2. The molecule has 3 aliphatic rings.